The molecule has 0 radical (unpaired) electrons. The first-order valence-corrected chi connectivity index (χ1v) is 11.5. The Labute approximate surface area is 197 Å². The van der Waals surface area contributed by atoms with Crippen molar-refractivity contribution in [3.8, 4) is 11.5 Å². The van der Waals surface area contributed by atoms with E-state index in [1.807, 2.05) is 0 Å². The standard InChI is InChI=1S/C23H22ClN3O5S/c1-31-21-10-6-7-17(23(21)32-2)15-25-26-22(28)16-27(19-13-11-18(24)12-14-19)33(29,30)20-8-4-3-5-9-20/h3-15H,16H2,1-2H3,(H,26,28)/b25-15-. The third-order valence-corrected chi connectivity index (χ3v) is 6.60. The van der Waals surface area contributed by atoms with E-state index in [1.54, 1.807) is 48.5 Å². The number of sulfonamides is 1. The van der Waals surface area contributed by atoms with Crippen LogP contribution in [0.25, 0.3) is 0 Å². The maximum Gasteiger partial charge on any atom is 0.264 e. The lowest BCUT2D eigenvalue weighted by atomic mass is 10.2. The molecule has 10 heteroatoms. The van der Waals surface area contributed by atoms with Crippen molar-refractivity contribution in [3.63, 3.8) is 0 Å². The zero-order valence-electron chi connectivity index (χ0n) is 17.9. The third-order valence-electron chi connectivity index (χ3n) is 4.56. The van der Waals surface area contributed by atoms with E-state index in [0.29, 0.717) is 22.1 Å². The predicted molar refractivity (Wildman–Crippen MR) is 128 cm³/mol. The molecule has 0 saturated heterocycles. The van der Waals surface area contributed by atoms with E-state index in [0.717, 1.165) is 4.31 Å². The highest BCUT2D eigenvalue weighted by atomic mass is 35.5. The lowest BCUT2D eigenvalue weighted by molar-refractivity contribution is -0.119. The number of nitrogens with zero attached hydrogens (tertiary/aromatic N) is 2. The molecule has 0 aliphatic carbocycles. The van der Waals surface area contributed by atoms with Crippen LogP contribution in [0.1, 0.15) is 5.56 Å². The quantitative estimate of drug-likeness (QED) is 0.366. The summed E-state index contributed by atoms with van der Waals surface area (Å²) in [5.74, 6) is 0.325. The van der Waals surface area contributed by atoms with Gasteiger partial charge in [-0.15, -0.1) is 0 Å². The van der Waals surface area contributed by atoms with Gasteiger partial charge in [-0.25, -0.2) is 13.8 Å². The number of hydrazone groups is 1. The monoisotopic (exact) mass is 487 g/mol. The topological polar surface area (TPSA) is 97.3 Å². The first-order chi connectivity index (χ1) is 15.9. The summed E-state index contributed by atoms with van der Waals surface area (Å²) in [6.07, 6.45) is 1.39. The molecule has 8 nitrogen and oxygen atoms in total. The van der Waals surface area contributed by atoms with Gasteiger partial charge in [0, 0.05) is 10.6 Å². The summed E-state index contributed by atoms with van der Waals surface area (Å²) in [7, 11) is -1.01. The summed E-state index contributed by atoms with van der Waals surface area (Å²) in [6.45, 7) is -0.495. The number of anilines is 1. The van der Waals surface area contributed by atoms with Crippen molar-refractivity contribution in [2.24, 2.45) is 5.10 Å². The molecule has 0 aromatic heterocycles. The number of halogens is 1. The number of carbonyl (C=O) groups excluding carboxylic acids is 1. The Morgan fingerprint density at radius 2 is 1.70 bits per heavy atom. The van der Waals surface area contributed by atoms with E-state index < -0.39 is 22.5 Å². The van der Waals surface area contributed by atoms with Crippen molar-refractivity contribution in [1.29, 1.82) is 0 Å². The van der Waals surface area contributed by atoms with Gasteiger partial charge in [0.2, 0.25) is 0 Å². The SMILES string of the molecule is COc1cccc(/C=N\NC(=O)CN(c2ccc(Cl)cc2)S(=O)(=O)c2ccccc2)c1OC. The fourth-order valence-electron chi connectivity index (χ4n) is 3.00. The van der Waals surface area contributed by atoms with Crippen LogP contribution in [0.2, 0.25) is 5.02 Å². The van der Waals surface area contributed by atoms with Gasteiger partial charge in [-0.1, -0.05) is 35.9 Å². The van der Waals surface area contributed by atoms with Crippen LogP contribution in [0.15, 0.2) is 82.8 Å². The van der Waals surface area contributed by atoms with Crippen molar-refractivity contribution < 1.29 is 22.7 Å². The molecule has 0 saturated carbocycles. The molecular formula is C23H22ClN3O5S. The van der Waals surface area contributed by atoms with Crippen molar-refractivity contribution in [2.75, 3.05) is 25.1 Å². The molecule has 0 atom stereocenters. The molecule has 0 fully saturated rings. The Bertz CT molecular complexity index is 1230. The van der Waals surface area contributed by atoms with Crippen LogP contribution < -0.4 is 19.2 Å². The van der Waals surface area contributed by atoms with Crippen LogP contribution in [0.4, 0.5) is 5.69 Å². The number of amides is 1. The summed E-state index contributed by atoms with van der Waals surface area (Å²) < 4.78 is 38.0. The first kappa shape index (κ1) is 24.1. The smallest absolute Gasteiger partial charge is 0.264 e. The summed E-state index contributed by atoms with van der Waals surface area (Å²) in [5, 5.41) is 4.38. The van der Waals surface area contributed by atoms with Gasteiger partial charge in [-0.3, -0.25) is 9.10 Å². The number of hydrogen-bond acceptors (Lipinski definition) is 6. The minimum atomic E-state index is -4.02. The van der Waals surface area contributed by atoms with Crippen LogP contribution in [-0.2, 0) is 14.8 Å². The maximum absolute atomic E-state index is 13.2. The van der Waals surface area contributed by atoms with E-state index in [9.17, 15) is 13.2 Å². The van der Waals surface area contributed by atoms with E-state index >= 15 is 0 Å². The van der Waals surface area contributed by atoms with Crippen molar-refractivity contribution in [1.82, 2.24) is 5.43 Å². The molecule has 0 aliphatic rings. The molecule has 1 N–H and O–H groups in total. The summed E-state index contributed by atoms with van der Waals surface area (Å²) in [6, 6.07) is 19.2. The number of para-hydroxylation sites is 1. The van der Waals surface area contributed by atoms with Gasteiger partial charge in [0.15, 0.2) is 11.5 Å². The Morgan fingerprint density at radius 1 is 1.00 bits per heavy atom. The van der Waals surface area contributed by atoms with Gasteiger partial charge >= 0.3 is 0 Å². The number of nitrogens with one attached hydrogen (secondary N) is 1. The normalized spacial score (nSPS) is 11.2. The van der Waals surface area contributed by atoms with Gasteiger partial charge < -0.3 is 9.47 Å². The summed E-state index contributed by atoms with van der Waals surface area (Å²) in [4.78, 5) is 12.7. The highest BCUT2D eigenvalue weighted by Crippen LogP contribution is 2.29. The van der Waals surface area contributed by atoms with Gasteiger partial charge in [-0.2, -0.15) is 5.10 Å². The van der Waals surface area contributed by atoms with Crippen LogP contribution in [0.5, 0.6) is 11.5 Å². The van der Waals surface area contributed by atoms with Crippen molar-refractivity contribution in [2.45, 2.75) is 4.90 Å². The second-order valence-corrected chi connectivity index (χ2v) is 8.98. The van der Waals surface area contributed by atoms with Crippen LogP contribution in [-0.4, -0.2) is 41.3 Å². The van der Waals surface area contributed by atoms with Gasteiger partial charge in [0.25, 0.3) is 15.9 Å². The summed E-state index contributed by atoms with van der Waals surface area (Å²) >= 11 is 5.94. The Balaban J connectivity index is 1.83. The van der Waals surface area contributed by atoms with Gasteiger partial charge in [-0.05, 0) is 48.5 Å². The molecule has 172 valence electrons. The lowest BCUT2D eigenvalue weighted by Crippen LogP contribution is -2.39. The fraction of sp³-hybridized carbons (Fsp3) is 0.130. The Morgan fingerprint density at radius 3 is 2.33 bits per heavy atom. The summed E-state index contributed by atoms with van der Waals surface area (Å²) in [5.41, 5.74) is 3.22. The molecule has 33 heavy (non-hydrogen) atoms. The molecule has 0 bridgehead atoms. The highest BCUT2D eigenvalue weighted by molar-refractivity contribution is 7.92. The Kier molecular flexibility index (Phi) is 7.92. The van der Waals surface area contributed by atoms with Crippen LogP contribution in [0.3, 0.4) is 0 Å². The lowest BCUT2D eigenvalue weighted by Gasteiger charge is -2.23. The van der Waals surface area contributed by atoms with Gasteiger partial charge in [0.05, 0.1) is 31.0 Å². The maximum atomic E-state index is 13.2. The third kappa shape index (κ3) is 5.82. The average molecular weight is 488 g/mol. The second-order valence-electron chi connectivity index (χ2n) is 6.68. The molecule has 0 unspecified atom stereocenters. The van der Waals surface area contributed by atoms with Gasteiger partial charge in [0.1, 0.15) is 6.54 Å². The zero-order valence-corrected chi connectivity index (χ0v) is 19.5. The minimum absolute atomic E-state index is 0.0531. The zero-order chi connectivity index (χ0) is 23.8. The molecule has 3 aromatic carbocycles. The molecule has 0 heterocycles. The van der Waals surface area contributed by atoms with Crippen LogP contribution in [0, 0.1) is 0 Å². The molecule has 3 rings (SSSR count). The molecular weight excluding hydrogens is 466 g/mol. The number of benzene rings is 3. The number of methoxy groups -OCH3 is 2. The largest absolute Gasteiger partial charge is 0.493 e. The number of carbonyl (C=O) groups is 1. The fourth-order valence-corrected chi connectivity index (χ4v) is 4.56. The van der Waals surface area contributed by atoms with Crippen LogP contribution >= 0.6 is 11.6 Å². The van der Waals surface area contributed by atoms with E-state index in [1.165, 1.54) is 44.7 Å². The predicted octanol–water partition coefficient (Wildman–Crippen LogP) is 3.70. The number of rotatable bonds is 9. The molecule has 3 aromatic rings. The second kappa shape index (κ2) is 10.8. The molecule has 1 amide bonds. The van der Waals surface area contributed by atoms with Crippen molar-refractivity contribution in [3.05, 3.63) is 83.4 Å². The van der Waals surface area contributed by atoms with E-state index in [4.69, 9.17) is 21.1 Å². The van der Waals surface area contributed by atoms with E-state index in [-0.39, 0.29) is 10.6 Å². The highest BCUT2D eigenvalue weighted by Gasteiger charge is 2.27. The Hall–Kier alpha value is -3.56. The number of hydrogen-bond donors (Lipinski definition) is 1. The molecule has 0 spiro atoms. The minimum Gasteiger partial charge on any atom is -0.493 e. The van der Waals surface area contributed by atoms with E-state index in [2.05, 4.69) is 10.5 Å². The first-order valence-electron chi connectivity index (χ1n) is 9.73. The van der Waals surface area contributed by atoms with Crippen molar-refractivity contribution >= 4 is 39.4 Å². The number of ether oxygens (including phenoxy) is 2. The molecule has 0 aliphatic heterocycles. The average Bonchev–Trinajstić information content (AvgIpc) is 2.83.